The fraction of sp³-hybridized carbons (Fsp3) is 0.429. The molecule has 2 heterocycles. The van der Waals surface area contributed by atoms with Crippen LogP contribution in [0.5, 0.6) is 0 Å². The number of aromatic nitrogens is 2. The molecule has 70 valence electrons. The summed E-state index contributed by atoms with van der Waals surface area (Å²) >= 11 is 0. The molecule has 0 saturated carbocycles. The average Bonchev–Trinajstić information content (AvgIpc) is 2.28. The first-order chi connectivity index (χ1) is 6.27. The van der Waals surface area contributed by atoms with Crippen LogP contribution < -0.4 is 22.1 Å². The minimum atomic E-state index is 0.201. The predicted octanol–water partition coefficient (Wildman–Crippen LogP) is -0.132. The molecule has 0 saturated heterocycles. The SMILES string of the molecule is Nc1nc(N)c2c(n1)NCCCN2. The van der Waals surface area contributed by atoms with Gasteiger partial charge in [-0.15, -0.1) is 0 Å². The lowest BCUT2D eigenvalue weighted by Crippen LogP contribution is -2.08. The number of hydrogen-bond acceptors (Lipinski definition) is 6. The molecule has 6 N–H and O–H groups in total. The summed E-state index contributed by atoms with van der Waals surface area (Å²) in [5, 5.41) is 6.29. The molecule has 1 aromatic heterocycles. The van der Waals surface area contributed by atoms with Gasteiger partial charge in [0, 0.05) is 13.1 Å². The molecule has 0 unspecified atom stereocenters. The lowest BCUT2D eigenvalue weighted by atomic mass is 10.4. The molecular weight excluding hydrogens is 168 g/mol. The molecule has 0 aromatic carbocycles. The minimum Gasteiger partial charge on any atom is -0.382 e. The second-order valence-electron chi connectivity index (χ2n) is 2.90. The van der Waals surface area contributed by atoms with E-state index in [2.05, 4.69) is 20.6 Å². The number of rotatable bonds is 0. The van der Waals surface area contributed by atoms with Crippen LogP contribution in [0.15, 0.2) is 0 Å². The largest absolute Gasteiger partial charge is 0.382 e. The summed E-state index contributed by atoms with van der Waals surface area (Å²) in [7, 11) is 0. The first kappa shape index (κ1) is 7.90. The smallest absolute Gasteiger partial charge is 0.224 e. The van der Waals surface area contributed by atoms with Crippen molar-refractivity contribution in [2.75, 3.05) is 35.2 Å². The number of nitrogens with one attached hydrogen (secondary N) is 2. The van der Waals surface area contributed by atoms with E-state index in [0.717, 1.165) is 25.2 Å². The molecule has 0 radical (unpaired) electrons. The van der Waals surface area contributed by atoms with Gasteiger partial charge in [-0.3, -0.25) is 0 Å². The highest BCUT2D eigenvalue weighted by Crippen LogP contribution is 2.26. The van der Waals surface area contributed by atoms with Crippen LogP contribution in [-0.4, -0.2) is 23.1 Å². The molecule has 0 amide bonds. The van der Waals surface area contributed by atoms with Gasteiger partial charge in [0.25, 0.3) is 0 Å². The minimum absolute atomic E-state index is 0.201. The number of nitrogens with two attached hydrogens (primary N) is 2. The Bertz CT molecular complexity index is 323. The van der Waals surface area contributed by atoms with Gasteiger partial charge < -0.3 is 22.1 Å². The Labute approximate surface area is 75.7 Å². The third-order valence-corrected chi connectivity index (χ3v) is 1.90. The normalized spacial score (nSPS) is 15.1. The van der Waals surface area contributed by atoms with Gasteiger partial charge in [0.05, 0.1) is 0 Å². The Kier molecular flexibility index (Phi) is 1.80. The number of fused-ring (bicyclic) bond motifs is 1. The van der Waals surface area contributed by atoms with E-state index in [9.17, 15) is 0 Å². The van der Waals surface area contributed by atoms with Crippen LogP contribution in [-0.2, 0) is 0 Å². The molecule has 13 heavy (non-hydrogen) atoms. The lowest BCUT2D eigenvalue weighted by Gasteiger charge is -2.09. The monoisotopic (exact) mass is 180 g/mol. The fourth-order valence-corrected chi connectivity index (χ4v) is 1.31. The van der Waals surface area contributed by atoms with E-state index < -0.39 is 0 Å². The lowest BCUT2D eigenvalue weighted by molar-refractivity contribution is 0.926. The zero-order valence-electron chi connectivity index (χ0n) is 7.17. The molecule has 0 atom stereocenters. The van der Waals surface area contributed by atoms with Gasteiger partial charge in [-0.25, -0.2) is 0 Å². The quantitative estimate of drug-likeness (QED) is 0.443. The Hall–Kier alpha value is -1.72. The molecule has 1 aliphatic rings. The summed E-state index contributed by atoms with van der Waals surface area (Å²) < 4.78 is 0. The van der Waals surface area contributed by atoms with E-state index in [0.29, 0.717) is 11.6 Å². The van der Waals surface area contributed by atoms with Gasteiger partial charge in [0.15, 0.2) is 11.6 Å². The number of nitrogen functional groups attached to an aromatic ring is 2. The van der Waals surface area contributed by atoms with E-state index in [1.807, 2.05) is 0 Å². The third-order valence-electron chi connectivity index (χ3n) is 1.90. The number of hydrogen-bond donors (Lipinski definition) is 4. The maximum Gasteiger partial charge on any atom is 0.224 e. The van der Waals surface area contributed by atoms with Crippen LogP contribution in [0.1, 0.15) is 6.42 Å². The summed E-state index contributed by atoms with van der Waals surface area (Å²) in [6.45, 7) is 1.74. The van der Waals surface area contributed by atoms with Crippen LogP contribution in [0.25, 0.3) is 0 Å². The Balaban J connectivity index is 2.47. The molecule has 0 spiro atoms. The molecule has 1 aromatic rings. The van der Waals surface area contributed by atoms with Crippen molar-refractivity contribution in [2.24, 2.45) is 0 Å². The zero-order valence-corrected chi connectivity index (χ0v) is 7.17. The summed E-state index contributed by atoms with van der Waals surface area (Å²) in [6, 6.07) is 0. The van der Waals surface area contributed by atoms with Crippen molar-refractivity contribution >= 4 is 23.3 Å². The Morgan fingerprint density at radius 1 is 1.08 bits per heavy atom. The van der Waals surface area contributed by atoms with Crippen LogP contribution in [0.4, 0.5) is 23.3 Å². The van der Waals surface area contributed by atoms with E-state index >= 15 is 0 Å². The first-order valence-electron chi connectivity index (χ1n) is 4.18. The number of anilines is 4. The molecule has 6 heteroatoms. The molecule has 0 fully saturated rings. The first-order valence-corrected chi connectivity index (χ1v) is 4.18. The van der Waals surface area contributed by atoms with Gasteiger partial charge >= 0.3 is 0 Å². The molecule has 0 bridgehead atoms. The second-order valence-corrected chi connectivity index (χ2v) is 2.90. The maximum absolute atomic E-state index is 5.68. The van der Waals surface area contributed by atoms with Crippen molar-refractivity contribution in [3.8, 4) is 0 Å². The topological polar surface area (TPSA) is 102 Å². The second kappa shape index (κ2) is 2.96. The van der Waals surface area contributed by atoms with Crippen LogP contribution in [0, 0.1) is 0 Å². The number of nitrogens with zero attached hydrogens (tertiary/aromatic N) is 2. The van der Waals surface area contributed by atoms with E-state index in [1.54, 1.807) is 0 Å². The van der Waals surface area contributed by atoms with E-state index in [1.165, 1.54) is 0 Å². The van der Waals surface area contributed by atoms with Gasteiger partial charge in [-0.05, 0) is 6.42 Å². The molecule has 0 aliphatic carbocycles. The van der Waals surface area contributed by atoms with Crippen molar-refractivity contribution < 1.29 is 0 Å². The van der Waals surface area contributed by atoms with E-state index in [-0.39, 0.29) is 5.95 Å². The predicted molar refractivity (Wildman–Crippen MR) is 52.5 cm³/mol. The van der Waals surface area contributed by atoms with E-state index in [4.69, 9.17) is 11.5 Å². The summed E-state index contributed by atoms with van der Waals surface area (Å²) in [6.07, 6.45) is 1.02. The highest BCUT2D eigenvalue weighted by atomic mass is 15.2. The van der Waals surface area contributed by atoms with Crippen molar-refractivity contribution in [3.05, 3.63) is 0 Å². The molecule has 1 aliphatic heterocycles. The van der Waals surface area contributed by atoms with Crippen LogP contribution >= 0.6 is 0 Å². The van der Waals surface area contributed by atoms with Crippen molar-refractivity contribution in [3.63, 3.8) is 0 Å². The summed E-state index contributed by atoms with van der Waals surface area (Å²) in [5.41, 5.74) is 11.9. The Morgan fingerprint density at radius 3 is 2.69 bits per heavy atom. The highest BCUT2D eigenvalue weighted by molar-refractivity contribution is 5.77. The fourth-order valence-electron chi connectivity index (χ4n) is 1.31. The molecular formula is C7H12N6. The average molecular weight is 180 g/mol. The standard InChI is InChI=1S/C7H12N6/c8-5-4-6(13-7(9)12-5)11-3-1-2-10-4/h10H,1-3H2,(H5,8,9,11,12,13). The van der Waals surface area contributed by atoms with Crippen molar-refractivity contribution in [2.45, 2.75) is 6.42 Å². The van der Waals surface area contributed by atoms with Crippen LogP contribution in [0.2, 0.25) is 0 Å². The Morgan fingerprint density at radius 2 is 1.85 bits per heavy atom. The highest BCUT2D eigenvalue weighted by Gasteiger charge is 2.12. The molecule has 6 nitrogen and oxygen atoms in total. The van der Waals surface area contributed by atoms with Crippen molar-refractivity contribution in [1.82, 2.24) is 9.97 Å². The molecule has 2 rings (SSSR count). The summed E-state index contributed by atoms with van der Waals surface area (Å²) in [4.78, 5) is 7.92. The van der Waals surface area contributed by atoms with Gasteiger partial charge in [0.2, 0.25) is 5.95 Å². The van der Waals surface area contributed by atoms with Gasteiger partial charge in [0.1, 0.15) is 5.69 Å². The third kappa shape index (κ3) is 1.42. The summed E-state index contributed by atoms with van der Waals surface area (Å²) in [5.74, 6) is 1.30. The maximum atomic E-state index is 5.68. The van der Waals surface area contributed by atoms with Crippen LogP contribution in [0.3, 0.4) is 0 Å². The van der Waals surface area contributed by atoms with Gasteiger partial charge in [-0.1, -0.05) is 0 Å². The zero-order chi connectivity index (χ0) is 9.26. The van der Waals surface area contributed by atoms with Crippen molar-refractivity contribution in [1.29, 1.82) is 0 Å². The van der Waals surface area contributed by atoms with Gasteiger partial charge in [-0.2, -0.15) is 9.97 Å².